The Bertz CT molecular complexity index is 549. The van der Waals surface area contributed by atoms with Crippen molar-refractivity contribution < 1.29 is 13.9 Å². The molecule has 1 fully saturated rings. The van der Waals surface area contributed by atoms with Crippen molar-refractivity contribution in [2.45, 2.75) is 19.8 Å². The summed E-state index contributed by atoms with van der Waals surface area (Å²) >= 11 is 0. The van der Waals surface area contributed by atoms with Crippen LogP contribution in [-0.4, -0.2) is 47.4 Å². The summed E-state index contributed by atoms with van der Waals surface area (Å²) in [4.78, 5) is 13.7. The molecule has 0 saturated carbocycles. The minimum absolute atomic E-state index is 0.132. The first-order chi connectivity index (χ1) is 9.93. The highest BCUT2D eigenvalue weighted by Gasteiger charge is 2.37. The van der Waals surface area contributed by atoms with E-state index in [0.717, 1.165) is 5.56 Å². The monoisotopic (exact) mass is 295 g/mol. The van der Waals surface area contributed by atoms with E-state index in [1.54, 1.807) is 36.7 Å². The SMILES string of the molecule is COC[C@@H]1CN(C(=O)C(F)=C(C)C)C[C@H]1c1cnn(C)c1. The Morgan fingerprint density at radius 3 is 2.71 bits per heavy atom. The van der Waals surface area contributed by atoms with Gasteiger partial charge in [0.25, 0.3) is 5.91 Å². The average Bonchev–Trinajstić information content (AvgIpc) is 3.03. The Kier molecular flexibility index (Phi) is 4.77. The van der Waals surface area contributed by atoms with Gasteiger partial charge in [-0.25, -0.2) is 4.39 Å². The first-order valence-electron chi connectivity index (χ1n) is 7.03. The predicted molar refractivity (Wildman–Crippen MR) is 77.4 cm³/mol. The molecule has 0 unspecified atom stereocenters. The third-order valence-electron chi connectivity index (χ3n) is 3.89. The number of carbonyl (C=O) groups is 1. The third kappa shape index (κ3) is 3.32. The highest BCUT2D eigenvalue weighted by atomic mass is 19.1. The standard InChI is InChI=1S/C15H22FN3O2/c1-10(2)14(16)15(20)19-7-12(9-21-4)13(8-19)11-5-17-18(3)6-11/h5-6,12-13H,7-9H2,1-4H3/t12-,13-/m0/s1. The predicted octanol–water partition coefficient (Wildman–Crippen LogP) is 1.87. The maximum Gasteiger partial charge on any atom is 0.282 e. The largest absolute Gasteiger partial charge is 0.384 e. The molecule has 5 nitrogen and oxygen atoms in total. The topological polar surface area (TPSA) is 47.4 Å². The number of aromatic nitrogens is 2. The number of hydrogen-bond acceptors (Lipinski definition) is 3. The Hall–Kier alpha value is -1.69. The fraction of sp³-hybridized carbons (Fsp3) is 0.600. The van der Waals surface area contributed by atoms with Gasteiger partial charge in [-0.05, 0) is 25.0 Å². The smallest absolute Gasteiger partial charge is 0.282 e. The average molecular weight is 295 g/mol. The van der Waals surface area contributed by atoms with E-state index in [0.29, 0.717) is 25.3 Å². The molecule has 1 aliphatic rings. The molecule has 0 aromatic carbocycles. The molecule has 0 radical (unpaired) electrons. The zero-order valence-corrected chi connectivity index (χ0v) is 13.0. The number of carbonyl (C=O) groups excluding carboxylic acids is 1. The second-order valence-electron chi connectivity index (χ2n) is 5.79. The molecule has 21 heavy (non-hydrogen) atoms. The molecule has 1 aromatic heterocycles. The zero-order chi connectivity index (χ0) is 15.6. The summed E-state index contributed by atoms with van der Waals surface area (Å²) in [6.07, 6.45) is 3.75. The second kappa shape index (κ2) is 6.39. The molecule has 6 heteroatoms. The lowest BCUT2D eigenvalue weighted by molar-refractivity contribution is -0.128. The van der Waals surface area contributed by atoms with Crippen LogP contribution in [-0.2, 0) is 16.6 Å². The first kappa shape index (κ1) is 15.7. The summed E-state index contributed by atoms with van der Waals surface area (Å²) in [6.45, 7) is 4.76. The number of aryl methyl sites for hydroxylation is 1. The van der Waals surface area contributed by atoms with Crippen molar-refractivity contribution in [3.8, 4) is 0 Å². The van der Waals surface area contributed by atoms with E-state index in [-0.39, 0.29) is 11.8 Å². The number of allylic oxidation sites excluding steroid dienone is 1. The van der Waals surface area contributed by atoms with Gasteiger partial charge < -0.3 is 9.64 Å². The highest BCUT2D eigenvalue weighted by molar-refractivity contribution is 5.92. The Labute approximate surface area is 124 Å². The van der Waals surface area contributed by atoms with Crippen molar-refractivity contribution in [1.29, 1.82) is 0 Å². The lowest BCUT2D eigenvalue weighted by Crippen LogP contribution is -2.30. The number of amides is 1. The highest BCUT2D eigenvalue weighted by Crippen LogP contribution is 2.33. The van der Waals surface area contributed by atoms with Crippen molar-refractivity contribution in [1.82, 2.24) is 14.7 Å². The van der Waals surface area contributed by atoms with Crippen molar-refractivity contribution in [3.63, 3.8) is 0 Å². The summed E-state index contributed by atoms with van der Waals surface area (Å²) < 4.78 is 20.8. The summed E-state index contributed by atoms with van der Waals surface area (Å²) in [5.41, 5.74) is 1.47. The van der Waals surface area contributed by atoms with E-state index >= 15 is 0 Å². The van der Waals surface area contributed by atoms with Crippen LogP contribution in [0.2, 0.25) is 0 Å². The molecular formula is C15H22FN3O2. The Morgan fingerprint density at radius 1 is 1.48 bits per heavy atom. The van der Waals surface area contributed by atoms with Crippen LogP contribution >= 0.6 is 0 Å². The molecule has 0 spiro atoms. The summed E-state index contributed by atoms with van der Waals surface area (Å²) in [6, 6.07) is 0. The van der Waals surface area contributed by atoms with Gasteiger partial charge >= 0.3 is 0 Å². The van der Waals surface area contributed by atoms with Crippen LogP contribution in [0.5, 0.6) is 0 Å². The normalized spacial score (nSPS) is 21.7. The fourth-order valence-corrected chi connectivity index (χ4v) is 2.78. The van der Waals surface area contributed by atoms with Gasteiger partial charge in [0.2, 0.25) is 0 Å². The Morgan fingerprint density at radius 2 is 2.19 bits per heavy atom. The lowest BCUT2D eigenvalue weighted by atomic mass is 9.92. The van der Waals surface area contributed by atoms with Crippen LogP contribution in [0.4, 0.5) is 4.39 Å². The number of nitrogens with zero attached hydrogens (tertiary/aromatic N) is 3. The minimum Gasteiger partial charge on any atom is -0.384 e. The number of rotatable bonds is 4. The van der Waals surface area contributed by atoms with E-state index in [2.05, 4.69) is 5.10 Å². The molecule has 0 aliphatic carbocycles. The molecule has 0 N–H and O–H groups in total. The van der Waals surface area contributed by atoms with Gasteiger partial charge in [-0.15, -0.1) is 0 Å². The maximum atomic E-state index is 13.9. The molecule has 2 rings (SSSR count). The van der Waals surface area contributed by atoms with Gasteiger partial charge in [-0.1, -0.05) is 0 Å². The molecule has 2 heterocycles. The minimum atomic E-state index is -0.655. The van der Waals surface area contributed by atoms with Crippen LogP contribution in [0.3, 0.4) is 0 Å². The molecular weight excluding hydrogens is 273 g/mol. The molecule has 1 saturated heterocycles. The van der Waals surface area contributed by atoms with Crippen LogP contribution in [0, 0.1) is 5.92 Å². The van der Waals surface area contributed by atoms with Crippen LogP contribution in [0.15, 0.2) is 23.8 Å². The molecule has 0 bridgehead atoms. The van der Waals surface area contributed by atoms with E-state index in [1.165, 1.54) is 0 Å². The van der Waals surface area contributed by atoms with Crippen molar-refractivity contribution in [3.05, 3.63) is 29.4 Å². The van der Waals surface area contributed by atoms with Gasteiger partial charge in [0.05, 0.1) is 12.8 Å². The summed E-state index contributed by atoms with van der Waals surface area (Å²) in [5.74, 6) is -0.888. The van der Waals surface area contributed by atoms with Crippen molar-refractivity contribution in [2.75, 3.05) is 26.8 Å². The Balaban J connectivity index is 2.19. The third-order valence-corrected chi connectivity index (χ3v) is 3.89. The lowest BCUT2D eigenvalue weighted by Gasteiger charge is -2.15. The second-order valence-corrected chi connectivity index (χ2v) is 5.79. The number of methoxy groups -OCH3 is 1. The number of likely N-dealkylation sites (tertiary alicyclic amines) is 1. The van der Waals surface area contributed by atoms with Crippen molar-refractivity contribution in [2.24, 2.45) is 13.0 Å². The molecule has 116 valence electrons. The van der Waals surface area contributed by atoms with E-state index in [9.17, 15) is 9.18 Å². The van der Waals surface area contributed by atoms with Gasteiger partial charge in [0.15, 0.2) is 5.83 Å². The van der Waals surface area contributed by atoms with E-state index < -0.39 is 11.7 Å². The van der Waals surface area contributed by atoms with Crippen LogP contribution in [0.25, 0.3) is 0 Å². The van der Waals surface area contributed by atoms with Crippen LogP contribution < -0.4 is 0 Å². The van der Waals surface area contributed by atoms with Crippen LogP contribution in [0.1, 0.15) is 25.3 Å². The van der Waals surface area contributed by atoms with Crippen molar-refractivity contribution >= 4 is 5.91 Å². The van der Waals surface area contributed by atoms with E-state index in [1.807, 2.05) is 13.2 Å². The van der Waals surface area contributed by atoms with Gasteiger partial charge in [-0.3, -0.25) is 9.48 Å². The van der Waals surface area contributed by atoms with E-state index in [4.69, 9.17) is 4.74 Å². The zero-order valence-electron chi connectivity index (χ0n) is 13.0. The summed E-state index contributed by atoms with van der Waals surface area (Å²) in [7, 11) is 3.50. The molecule has 1 aliphatic heterocycles. The summed E-state index contributed by atoms with van der Waals surface area (Å²) in [5, 5.41) is 4.18. The fourth-order valence-electron chi connectivity index (χ4n) is 2.78. The van der Waals surface area contributed by atoms with Gasteiger partial charge in [0, 0.05) is 45.3 Å². The number of hydrogen-bond donors (Lipinski definition) is 0. The molecule has 1 aromatic rings. The van der Waals surface area contributed by atoms with Gasteiger partial charge in [-0.2, -0.15) is 5.10 Å². The number of halogens is 1. The van der Waals surface area contributed by atoms with Gasteiger partial charge in [0.1, 0.15) is 0 Å². The maximum absolute atomic E-state index is 13.9. The molecule has 2 atom stereocenters. The molecule has 1 amide bonds. The quantitative estimate of drug-likeness (QED) is 0.797. The number of ether oxygens (including phenoxy) is 1. The first-order valence-corrected chi connectivity index (χ1v) is 7.03.